The van der Waals surface area contributed by atoms with E-state index in [0.29, 0.717) is 39.5 Å². The van der Waals surface area contributed by atoms with Crippen molar-refractivity contribution in [1.29, 1.82) is 0 Å². The summed E-state index contributed by atoms with van der Waals surface area (Å²) in [5, 5.41) is 4.98. The third-order valence-corrected chi connectivity index (χ3v) is 5.54. The van der Waals surface area contributed by atoms with E-state index < -0.39 is 0 Å². The molecule has 0 amide bonds. The summed E-state index contributed by atoms with van der Waals surface area (Å²) in [5.74, 6) is 2.19. The highest BCUT2D eigenvalue weighted by molar-refractivity contribution is 9.10. The SMILES string of the molecule is CC[C@@H](C)Oc1c(OC)cc(C=Nn2c(C(C)C)nc3ccc(Br)cc3c2=O)cc1OC. The Balaban J connectivity index is 2.11. The van der Waals surface area contributed by atoms with Crippen LogP contribution in [0.4, 0.5) is 0 Å². The fourth-order valence-electron chi connectivity index (χ4n) is 3.15. The van der Waals surface area contributed by atoms with Gasteiger partial charge in [-0.3, -0.25) is 4.79 Å². The first-order valence-electron chi connectivity index (χ1n) is 10.5. The molecule has 2 aromatic carbocycles. The van der Waals surface area contributed by atoms with E-state index in [9.17, 15) is 4.79 Å². The van der Waals surface area contributed by atoms with E-state index >= 15 is 0 Å². The molecule has 0 aliphatic heterocycles. The van der Waals surface area contributed by atoms with Crippen molar-refractivity contribution in [3.05, 3.63) is 56.5 Å². The molecule has 170 valence electrons. The van der Waals surface area contributed by atoms with E-state index in [1.54, 1.807) is 38.6 Å². The lowest BCUT2D eigenvalue weighted by molar-refractivity contribution is 0.198. The van der Waals surface area contributed by atoms with E-state index in [1.807, 2.05) is 39.8 Å². The first-order chi connectivity index (χ1) is 15.3. The molecule has 0 bridgehead atoms. The third kappa shape index (κ3) is 4.96. The number of ether oxygens (including phenoxy) is 3. The highest BCUT2D eigenvalue weighted by atomic mass is 79.9. The van der Waals surface area contributed by atoms with Crippen LogP contribution in [-0.4, -0.2) is 36.2 Å². The van der Waals surface area contributed by atoms with Crippen LogP contribution in [0.25, 0.3) is 10.9 Å². The van der Waals surface area contributed by atoms with Crippen LogP contribution >= 0.6 is 15.9 Å². The zero-order chi connectivity index (χ0) is 23.4. The van der Waals surface area contributed by atoms with E-state index in [-0.39, 0.29) is 17.6 Å². The first kappa shape index (κ1) is 23.8. The zero-order valence-corrected chi connectivity index (χ0v) is 20.8. The Bertz CT molecular complexity index is 1180. The summed E-state index contributed by atoms with van der Waals surface area (Å²) in [6.07, 6.45) is 2.45. The standard InChI is InChI=1S/C24H28BrN3O4/c1-7-15(4)32-22-20(30-5)10-16(11-21(22)31-6)13-26-28-23(14(2)3)27-19-9-8-17(25)12-18(19)24(28)29/h8-15H,7H2,1-6H3/t15-/m1/s1. The summed E-state index contributed by atoms with van der Waals surface area (Å²) in [6, 6.07) is 9.05. The Hall–Kier alpha value is -2.87. The largest absolute Gasteiger partial charge is 0.493 e. The lowest BCUT2D eigenvalue weighted by atomic mass is 10.2. The molecule has 0 spiro atoms. The number of rotatable bonds is 8. The van der Waals surface area contributed by atoms with Crippen molar-refractivity contribution < 1.29 is 14.2 Å². The Kier molecular flexibility index (Phi) is 7.56. The normalized spacial score (nSPS) is 12.5. The second-order valence-corrected chi connectivity index (χ2v) is 8.65. The predicted molar refractivity (Wildman–Crippen MR) is 131 cm³/mol. The molecule has 0 saturated carbocycles. The Morgan fingerprint density at radius 2 is 1.78 bits per heavy atom. The highest BCUT2D eigenvalue weighted by Crippen LogP contribution is 2.39. The lowest BCUT2D eigenvalue weighted by Gasteiger charge is -2.18. The second kappa shape index (κ2) is 10.2. The van der Waals surface area contributed by atoms with Crippen LogP contribution in [0.5, 0.6) is 17.2 Å². The van der Waals surface area contributed by atoms with Gasteiger partial charge in [-0.1, -0.05) is 36.7 Å². The minimum Gasteiger partial charge on any atom is -0.493 e. The number of hydrogen-bond donors (Lipinski definition) is 0. The molecule has 0 unspecified atom stereocenters. The molecule has 1 heterocycles. The monoisotopic (exact) mass is 501 g/mol. The van der Waals surface area contributed by atoms with Crippen molar-refractivity contribution in [3.8, 4) is 17.2 Å². The van der Waals surface area contributed by atoms with Gasteiger partial charge in [-0.05, 0) is 43.7 Å². The van der Waals surface area contributed by atoms with Gasteiger partial charge in [0.15, 0.2) is 11.5 Å². The van der Waals surface area contributed by atoms with Crippen LogP contribution < -0.4 is 19.8 Å². The van der Waals surface area contributed by atoms with Gasteiger partial charge in [-0.2, -0.15) is 9.78 Å². The predicted octanol–water partition coefficient (Wildman–Crippen LogP) is 5.36. The van der Waals surface area contributed by atoms with Crippen LogP contribution in [-0.2, 0) is 0 Å². The first-order valence-corrected chi connectivity index (χ1v) is 11.3. The topological polar surface area (TPSA) is 74.9 Å². The van der Waals surface area contributed by atoms with Crippen LogP contribution in [0.1, 0.15) is 51.4 Å². The van der Waals surface area contributed by atoms with Crippen molar-refractivity contribution in [2.75, 3.05) is 14.2 Å². The Morgan fingerprint density at radius 3 is 2.34 bits per heavy atom. The van der Waals surface area contributed by atoms with E-state index in [1.165, 1.54) is 4.68 Å². The number of benzene rings is 2. The van der Waals surface area contributed by atoms with Crippen molar-refractivity contribution in [1.82, 2.24) is 9.66 Å². The number of nitrogens with zero attached hydrogens (tertiary/aromatic N) is 3. The number of methoxy groups -OCH3 is 2. The lowest BCUT2D eigenvalue weighted by Crippen LogP contribution is -2.23. The van der Waals surface area contributed by atoms with Crippen molar-refractivity contribution in [2.45, 2.75) is 46.1 Å². The van der Waals surface area contributed by atoms with Crippen LogP contribution in [0.3, 0.4) is 0 Å². The van der Waals surface area contributed by atoms with Gasteiger partial charge in [0.05, 0.1) is 37.4 Å². The molecule has 7 nitrogen and oxygen atoms in total. The summed E-state index contributed by atoms with van der Waals surface area (Å²) in [7, 11) is 3.15. The van der Waals surface area contributed by atoms with E-state index in [0.717, 1.165) is 10.9 Å². The molecular weight excluding hydrogens is 474 g/mol. The fourth-order valence-corrected chi connectivity index (χ4v) is 3.51. The molecule has 8 heteroatoms. The Morgan fingerprint density at radius 1 is 1.12 bits per heavy atom. The van der Waals surface area contributed by atoms with Crippen LogP contribution in [0.2, 0.25) is 0 Å². The third-order valence-electron chi connectivity index (χ3n) is 5.05. The maximum atomic E-state index is 13.2. The second-order valence-electron chi connectivity index (χ2n) is 7.74. The maximum absolute atomic E-state index is 13.2. The van der Waals surface area contributed by atoms with Crippen LogP contribution in [0.15, 0.2) is 44.7 Å². The molecule has 1 aromatic heterocycles. The van der Waals surface area contributed by atoms with Gasteiger partial charge in [-0.25, -0.2) is 4.98 Å². The zero-order valence-electron chi connectivity index (χ0n) is 19.2. The van der Waals surface area contributed by atoms with Gasteiger partial charge in [0.2, 0.25) is 5.75 Å². The van der Waals surface area contributed by atoms with Crippen molar-refractivity contribution in [2.24, 2.45) is 5.10 Å². The minimum atomic E-state index is -0.230. The van der Waals surface area contributed by atoms with Crippen molar-refractivity contribution >= 4 is 33.0 Å². The Labute approximate surface area is 196 Å². The summed E-state index contributed by atoms with van der Waals surface area (Å²) in [5.41, 5.74) is 1.11. The van der Waals surface area contributed by atoms with Gasteiger partial charge >= 0.3 is 0 Å². The molecule has 0 N–H and O–H groups in total. The van der Waals surface area contributed by atoms with E-state index in [4.69, 9.17) is 14.2 Å². The number of fused-ring (bicyclic) bond motifs is 1. The molecular formula is C24H28BrN3O4. The minimum absolute atomic E-state index is 0.00303. The summed E-state index contributed by atoms with van der Waals surface area (Å²) < 4.78 is 19.2. The summed E-state index contributed by atoms with van der Waals surface area (Å²) in [4.78, 5) is 17.9. The van der Waals surface area contributed by atoms with Gasteiger partial charge in [0.25, 0.3) is 5.56 Å². The molecule has 32 heavy (non-hydrogen) atoms. The molecule has 0 radical (unpaired) electrons. The van der Waals surface area contributed by atoms with Gasteiger partial charge < -0.3 is 14.2 Å². The highest BCUT2D eigenvalue weighted by Gasteiger charge is 2.17. The number of hydrogen-bond acceptors (Lipinski definition) is 6. The van der Waals surface area contributed by atoms with E-state index in [2.05, 4.69) is 26.0 Å². The fraction of sp³-hybridized carbons (Fsp3) is 0.375. The number of halogens is 1. The van der Waals surface area contributed by atoms with Crippen molar-refractivity contribution in [3.63, 3.8) is 0 Å². The molecule has 1 atom stereocenters. The van der Waals surface area contributed by atoms with Gasteiger partial charge in [0, 0.05) is 16.0 Å². The van der Waals surface area contributed by atoms with Gasteiger partial charge in [0.1, 0.15) is 5.82 Å². The molecule has 0 aliphatic carbocycles. The molecule has 3 rings (SSSR count). The molecule has 3 aromatic rings. The summed E-state index contributed by atoms with van der Waals surface area (Å²) >= 11 is 3.42. The molecule has 0 saturated heterocycles. The maximum Gasteiger partial charge on any atom is 0.282 e. The number of aromatic nitrogens is 2. The van der Waals surface area contributed by atoms with Crippen LogP contribution in [0, 0.1) is 0 Å². The molecule has 0 fully saturated rings. The summed E-state index contributed by atoms with van der Waals surface area (Å²) in [6.45, 7) is 7.99. The molecule has 0 aliphatic rings. The average molecular weight is 502 g/mol. The quantitative estimate of drug-likeness (QED) is 0.388. The van der Waals surface area contributed by atoms with Gasteiger partial charge in [-0.15, -0.1) is 0 Å². The average Bonchev–Trinajstić information content (AvgIpc) is 2.78. The smallest absolute Gasteiger partial charge is 0.282 e.